The van der Waals surface area contributed by atoms with E-state index in [4.69, 9.17) is 20.6 Å². The number of fused-ring (bicyclic) bond motifs is 5. The topological polar surface area (TPSA) is 88.9 Å². The van der Waals surface area contributed by atoms with E-state index in [0.29, 0.717) is 60.0 Å². The molecule has 0 spiro atoms. The molecule has 1 aromatic rings. The molecule has 1 aromatic heterocycles. The fourth-order valence-corrected chi connectivity index (χ4v) is 13.2. The van der Waals surface area contributed by atoms with E-state index in [1.165, 1.54) is 25.7 Å². The number of hydrogen-bond acceptors (Lipinski definition) is 6. The zero-order valence-electron chi connectivity index (χ0n) is 25.4. The predicted molar refractivity (Wildman–Crippen MR) is 162 cm³/mol. The van der Waals surface area contributed by atoms with Gasteiger partial charge in [-0.2, -0.15) is 0 Å². The van der Waals surface area contributed by atoms with Gasteiger partial charge in [-0.15, -0.1) is 0 Å². The van der Waals surface area contributed by atoms with Crippen LogP contribution in [-0.2, 0) is 13.6 Å². The Hall–Kier alpha value is -0.490. The predicted octanol–water partition coefficient (Wildman–Crippen LogP) is 7.71. The Morgan fingerprint density at radius 2 is 1.88 bits per heavy atom. The fraction of sp³-hybridized carbons (Fsp3) is 0.848. The summed E-state index contributed by atoms with van der Waals surface area (Å²) < 4.78 is 25.4. The summed E-state index contributed by atoms with van der Waals surface area (Å²) in [6.45, 7) is 10.5. The molecule has 4 aliphatic carbocycles. The van der Waals surface area contributed by atoms with Crippen LogP contribution in [-0.4, -0.2) is 46.8 Å². The molecule has 4 saturated carbocycles. The minimum absolute atomic E-state index is 0.107. The fourth-order valence-electron chi connectivity index (χ4n) is 11.0. The normalized spacial score (nSPS) is 48.6. The van der Waals surface area contributed by atoms with E-state index in [1.54, 1.807) is 6.20 Å². The van der Waals surface area contributed by atoms with E-state index < -0.39 is 7.60 Å². The first-order valence-electron chi connectivity index (χ1n) is 16.3. The van der Waals surface area contributed by atoms with Crippen molar-refractivity contribution in [3.63, 3.8) is 0 Å². The maximum Gasteiger partial charge on any atom is 0.331 e. The number of aliphatic hydroxyl groups excluding tert-OH is 2. The largest absolute Gasteiger partial charge is 0.393 e. The summed E-state index contributed by atoms with van der Waals surface area (Å²) in [7, 11) is -3.16. The second-order valence-electron chi connectivity index (χ2n) is 15.0. The molecule has 5 aliphatic rings. The van der Waals surface area contributed by atoms with Gasteiger partial charge in [0, 0.05) is 6.20 Å². The van der Waals surface area contributed by atoms with Crippen LogP contribution in [0.2, 0.25) is 5.15 Å². The van der Waals surface area contributed by atoms with Crippen LogP contribution >= 0.6 is 19.2 Å². The van der Waals surface area contributed by atoms with Gasteiger partial charge in [0.1, 0.15) is 5.15 Å². The number of nitrogens with zero attached hydrogens (tertiary/aromatic N) is 1. The van der Waals surface area contributed by atoms with Gasteiger partial charge in [0.15, 0.2) is 0 Å². The van der Waals surface area contributed by atoms with Gasteiger partial charge < -0.3 is 19.3 Å². The molecular formula is C33H51ClNO5P. The van der Waals surface area contributed by atoms with Crippen LogP contribution in [0.4, 0.5) is 0 Å². The van der Waals surface area contributed by atoms with Crippen LogP contribution < -0.4 is 0 Å². The Labute approximate surface area is 251 Å². The maximum atomic E-state index is 13.5. The highest BCUT2D eigenvalue weighted by molar-refractivity contribution is 7.53. The summed E-state index contributed by atoms with van der Waals surface area (Å²) in [6.07, 6.45) is 10.9. The Morgan fingerprint density at radius 3 is 2.66 bits per heavy atom. The zero-order valence-corrected chi connectivity index (χ0v) is 27.0. The van der Waals surface area contributed by atoms with E-state index in [2.05, 4.69) is 32.7 Å². The number of halogens is 1. The van der Waals surface area contributed by atoms with Crippen LogP contribution in [0.3, 0.4) is 0 Å². The molecule has 4 unspecified atom stereocenters. The smallest absolute Gasteiger partial charge is 0.331 e. The Morgan fingerprint density at radius 1 is 1.12 bits per heavy atom. The third kappa shape index (κ3) is 5.39. The molecule has 230 valence electrons. The number of rotatable bonds is 6. The van der Waals surface area contributed by atoms with Crippen molar-refractivity contribution in [2.75, 3.05) is 19.4 Å². The Balaban J connectivity index is 1.09. The maximum absolute atomic E-state index is 13.5. The van der Waals surface area contributed by atoms with E-state index in [1.807, 2.05) is 12.1 Å². The summed E-state index contributed by atoms with van der Waals surface area (Å²) in [5, 5.41) is 22.7. The average Bonchev–Trinajstić information content (AvgIpc) is 3.29. The lowest BCUT2D eigenvalue weighted by atomic mass is 9.42. The lowest BCUT2D eigenvalue weighted by Gasteiger charge is -2.64. The standard InChI is InChI=1S/C33H51ClNO5P/c1-20(10-15-39-41(38)19-23(11-16-40-41)22-9-14-35-29(34)17-22)25-5-6-26-30-27(8-13-32(25,26)3)33(4)12-7-24(36)18-28(33)21(2)31(30)37/h9,14,17,20-21,23-28,30-31,36-37H,5-8,10-13,15-16,18-19H2,1-4H3/t20-,21-,23-,24-,25-,26?,27?,28?,30?,31-,32-,33-,41-/m1/s1. The van der Waals surface area contributed by atoms with Crippen LogP contribution in [0.15, 0.2) is 18.3 Å². The van der Waals surface area contributed by atoms with Crippen LogP contribution in [0.1, 0.15) is 97.0 Å². The summed E-state index contributed by atoms with van der Waals surface area (Å²) >= 11 is 6.10. The van der Waals surface area contributed by atoms with Crippen molar-refractivity contribution in [2.24, 2.45) is 52.3 Å². The van der Waals surface area contributed by atoms with Crippen molar-refractivity contribution >= 4 is 19.2 Å². The number of aromatic nitrogens is 1. The van der Waals surface area contributed by atoms with Crippen molar-refractivity contribution in [3.05, 3.63) is 29.0 Å². The molecule has 0 aromatic carbocycles. The number of hydrogen-bond donors (Lipinski definition) is 2. The van der Waals surface area contributed by atoms with Gasteiger partial charge in [-0.25, -0.2) is 4.98 Å². The SMILES string of the molecule is C[C@H](CCO[P@]1(=O)C[C@H](c2ccnc(Cl)c2)CCO1)[C@H]1CCC2C3C(CC[C@@]21C)[C@@]1(C)CC[C@@H](O)CC1[C@@H](C)[C@H]3O. The van der Waals surface area contributed by atoms with E-state index in [9.17, 15) is 14.8 Å². The number of pyridine rings is 1. The van der Waals surface area contributed by atoms with Crippen LogP contribution in [0.25, 0.3) is 0 Å². The van der Waals surface area contributed by atoms with Gasteiger partial charge in [0.2, 0.25) is 0 Å². The zero-order chi connectivity index (χ0) is 29.2. The third-order valence-corrected chi connectivity index (χ3v) is 15.4. The first-order valence-corrected chi connectivity index (χ1v) is 18.4. The summed E-state index contributed by atoms with van der Waals surface area (Å²) in [5.74, 6) is 3.26. The van der Waals surface area contributed by atoms with Crippen molar-refractivity contribution in [3.8, 4) is 0 Å². The Bertz CT molecular complexity index is 1150. The molecule has 1 saturated heterocycles. The van der Waals surface area contributed by atoms with Crippen molar-refractivity contribution < 1.29 is 23.8 Å². The molecule has 8 heteroatoms. The summed E-state index contributed by atoms with van der Waals surface area (Å²) in [5.41, 5.74) is 1.50. The second kappa shape index (κ2) is 11.5. The van der Waals surface area contributed by atoms with Crippen molar-refractivity contribution in [1.82, 2.24) is 4.98 Å². The van der Waals surface area contributed by atoms with Gasteiger partial charge in [-0.3, -0.25) is 4.57 Å². The Kier molecular flexibility index (Phi) is 8.53. The summed E-state index contributed by atoms with van der Waals surface area (Å²) in [6, 6.07) is 3.81. The van der Waals surface area contributed by atoms with Gasteiger partial charge in [-0.1, -0.05) is 39.3 Å². The van der Waals surface area contributed by atoms with Gasteiger partial charge in [0.05, 0.1) is 31.6 Å². The molecule has 5 fully saturated rings. The lowest BCUT2D eigenvalue weighted by Crippen LogP contribution is -2.61. The molecule has 2 N–H and O–H groups in total. The van der Waals surface area contributed by atoms with Gasteiger partial charge in [-0.05, 0) is 134 Å². The molecule has 41 heavy (non-hydrogen) atoms. The lowest BCUT2D eigenvalue weighted by molar-refractivity contribution is -0.199. The van der Waals surface area contributed by atoms with Gasteiger partial charge >= 0.3 is 7.60 Å². The summed E-state index contributed by atoms with van der Waals surface area (Å²) in [4.78, 5) is 4.08. The molecule has 6 rings (SSSR count). The first kappa shape index (κ1) is 30.5. The average molecular weight is 608 g/mol. The molecule has 0 bridgehead atoms. The number of aliphatic hydroxyl groups is 2. The van der Waals surface area contributed by atoms with E-state index >= 15 is 0 Å². The molecule has 6 nitrogen and oxygen atoms in total. The highest BCUT2D eigenvalue weighted by Crippen LogP contribution is 2.69. The highest BCUT2D eigenvalue weighted by Gasteiger charge is 2.64. The van der Waals surface area contributed by atoms with Crippen molar-refractivity contribution in [1.29, 1.82) is 0 Å². The monoisotopic (exact) mass is 607 g/mol. The van der Waals surface area contributed by atoms with E-state index in [-0.39, 0.29) is 34.9 Å². The molecular weight excluding hydrogens is 557 g/mol. The van der Waals surface area contributed by atoms with Crippen LogP contribution in [0, 0.1) is 52.3 Å². The molecule has 0 amide bonds. The molecule has 0 radical (unpaired) electrons. The molecule has 2 heterocycles. The first-order chi connectivity index (χ1) is 19.4. The molecule has 13 atom stereocenters. The van der Waals surface area contributed by atoms with Crippen LogP contribution in [0.5, 0.6) is 0 Å². The second-order valence-corrected chi connectivity index (χ2v) is 17.5. The highest BCUT2D eigenvalue weighted by atomic mass is 35.5. The quantitative estimate of drug-likeness (QED) is 0.254. The third-order valence-electron chi connectivity index (χ3n) is 13.2. The van der Waals surface area contributed by atoms with Gasteiger partial charge in [0.25, 0.3) is 0 Å². The van der Waals surface area contributed by atoms with E-state index in [0.717, 1.165) is 37.7 Å². The minimum Gasteiger partial charge on any atom is -0.393 e. The molecule has 1 aliphatic heterocycles. The van der Waals surface area contributed by atoms with Crippen molar-refractivity contribution in [2.45, 2.75) is 104 Å². The minimum atomic E-state index is -3.16.